The quantitative estimate of drug-likeness (QED) is 0.476. The molecule has 3 aromatic heterocycles. The van der Waals surface area contributed by atoms with E-state index < -0.39 is 0 Å². The van der Waals surface area contributed by atoms with Crippen LogP contribution >= 0.6 is 0 Å². The van der Waals surface area contributed by atoms with Crippen molar-refractivity contribution in [3.8, 4) is 16.9 Å². The summed E-state index contributed by atoms with van der Waals surface area (Å²) in [4.78, 5) is 38.1. The number of carbonyl (C=O) groups is 1. The van der Waals surface area contributed by atoms with Gasteiger partial charge in [-0.3, -0.25) is 14.6 Å². The Morgan fingerprint density at radius 3 is 2.74 bits per heavy atom. The summed E-state index contributed by atoms with van der Waals surface area (Å²) < 4.78 is 1.55. The lowest BCUT2D eigenvalue weighted by Crippen LogP contribution is -2.31. The van der Waals surface area contributed by atoms with E-state index >= 15 is 0 Å². The van der Waals surface area contributed by atoms with E-state index in [9.17, 15) is 9.59 Å². The molecule has 0 bridgehead atoms. The van der Waals surface area contributed by atoms with Crippen LogP contribution in [0.25, 0.3) is 27.8 Å². The molecular formula is C23H22N6O2. The summed E-state index contributed by atoms with van der Waals surface area (Å²) in [5.74, 6) is 0.361. The first-order valence-electron chi connectivity index (χ1n) is 10.3. The first-order valence-corrected chi connectivity index (χ1v) is 10.3. The zero-order valence-corrected chi connectivity index (χ0v) is 17.3. The third-order valence-electron chi connectivity index (χ3n) is 5.32. The molecular weight excluding hydrogens is 392 g/mol. The van der Waals surface area contributed by atoms with Crippen LogP contribution in [0, 0.1) is 0 Å². The molecule has 0 spiro atoms. The number of para-hydroxylation sites is 1. The maximum Gasteiger partial charge on any atom is 0.267 e. The Labute approximate surface area is 178 Å². The van der Waals surface area contributed by atoms with Crippen LogP contribution in [0.1, 0.15) is 29.9 Å². The fourth-order valence-corrected chi connectivity index (χ4v) is 3.95. The van der Waals surface area contributed by atoms with Crippen molar-refractivity contribution in [2.75, 3.05) is 11.9 Å². The van der Waals surface area contributed by atoms with Gasteiger partial charge in [0.05, 0.1) is 28.4 Å². The van der Waals surface area contributed by atoms with Crippen LogP contribution in [0.15, 0.2) is 53.6 Å². The summed E-state index contributed by atoms with van der Waals surface area (Å²) in [6, 6.07) is 11.0. The second-order valence-electron chi connectivity index (χ2n) is 7.87. The van der Waals surface area contributed by atoms with E-state index in [1.165, 1.54) is 0 Å². The molecule has 1 aromatic carbocycles. The van der Waals surface area contributed by atoms with Crippen molar-refractivity contribution < 1.29 is 4.79 Å². The Balaban J connectivity index is 1.77. The van der Waals surface area contributed by atoms with Crippen molar-refractivity contribution in [3.63, 3.8) is 0 Å². The highest BCUT2D eigenvalue weighted by molar-refractivity contribution is 6.00. The van der Waals surface area contributed by atoms with Gasteiger partial charge in [0.15, 0.2) is 0 Å². The van der Waals surface area contributed by atoms with E-state index in [0.717, 1.165) is 23.4 Å². The summed E-state index contributed by atoms with van der Waals surface area (Å²) in [5.41, 5.74) is 4.13. The largest absolute Gasteiger partial charge is 0.358 e. The maximum atomic E-state index is 13.5. The molecule has 0 unspecified atom stereocenters. The fraction of sp³-hybridized carbons (Fsp3) is 0.217. The average Bonchev–Trinajstić information content (AvgIpc) is 3.19. The topological polar surface area (TPSA) is 105 Å². The number of aromatic nitrogens is 4. The molecule has 0 fully saturated rings. The summed E-state index contributed by atoms with van der Waals surface area (Å²) in [7, 11) is 0. The molecule has 3 N–H and O–H groups in total. The van der Waals surface area contributed by atoms with Crippen LogP contribution in [-0.4, -0.2) is 38.0 Å². The molecule has 0 radical (unpaired) electrons. The van der Waals surface area contributed by atoms with Crippen LogP contribution in [-0.2, 0) is 6.42 Å². The van der Waals surface area contributed by atoms with E-state index in [4.69, 9.17) is 4.98 Å². The number of anilines is 1. The molecule has 156 valence electrons. The van der Waals surface area contributed by atoms with E-state index in [1.807, 2.05) is 38.1 Å². The SMILES string of the molecule is CC(C)Nc1nc2c(-c3cc4c([nH]3)CCNC4=O)cccc2c(=O)n1-c1cccnc1. The Morgan fingerprint density at radius 1 is 1.13 bits per heavy atom. The summed E-state index contributed by atoms with van der Waals surface area (Å²) in [6.07, 6.45) is 4.05. The number of fused-ring (bicyclic) bond motifs is 2. The minimum atomic E-state index is -0.183. The van der Waals surface area contributed by atoms with Crippen molar-refractivity contribution in [2.45, 2.75) is 26.3 Å². The number of aromatic amines is 1. The molecule has 0 atom stereocenters. The minimum Gasteiger partial charge on any atom is -0.358 e. The molecule has 4 heterocycles. The predicted octanol–water partition coefficient (Wildman–Crippen LogP) is 2.88. The minimum absolute atomic E-state index is 0.0703. The third kappa shape index (κ3) is 3.26. The predicted molar refractivity (Wildman–Crippen MR) is 120 cm³/mol. The number of benzene rings is 1. The molecule has 31 heavy (non-hydrogen) atoms. The van der Waals surface area contributed by atoms with Gasteiger partial charge >= 0.3 is 0 Å². The number of pyridine rings is 1. The van der Waals surface area contributed by atoms with Crippen molar-refractivity contribution >= 4 is 22.8 Å². The van der Waals surface area contributed by atoms with Gasteiger partial charge in [-0.05, 0) is 38.1 Å². The fourth-order valence-electron chi connectivity index (χ4n) is 3.95. The molecule has 4 aromatic rings. The molecule has 0 aliphatic carbocycles. The highest BCUT2D eigenvalue weighted by Gasteiger charge is 2.22. The van der Waals surface area contributed by atoms with Crippen molar-refractivity contribution in [2.24, 2.45) is 0 Å². The number of H-pyrrole nitrogens is 1. The van der Waals surface area contributed by atoms with Gasteiger partial charge in [-0.2, -0.15) is 0 Å². The highest BCUT2D eigenvalue weighted by atomic mass is 16.1. The monoisotopic (exact) mass is 414 g/mol. The summed E-state index contributed by atoms with van der Waals surface area (Å²) in [6.45, 7) is 4.60. The van der Waals surface area contributed by atoms with Crippen LogP contribution in [0.2, 0.25) is 0 Å². The van der Waals surface area contributed by atoms with Crippen LogP contribution in [0.4, 0.5) is 5.95 Å². The van der Waals surface area contributed by atoms with Gasteiger partial charge in [-0.1, -0.05) is 12.1 Å². The van der Waals surface area contributed by atoms with Crippen LogP contribution in [0.5, 0.6) is 0 Å². The molecule has 5 rings (SSSR count). The lowest BCUT2D eigenvalue weighted by Gasteiger charge is -2.17. The maximum absolute atomic E-state index is 13.5. The van der Waals surface area contributed by atoms with Gasteiger partial charge in [0, 0.05) is 42.2 Å². The van der Waals surface area contributed by atoms with Gasteiger partial charge in [-0.25, -0.2) is 9.55 Å². The summed E-state index contributed by atoms with van der Waals surface area (Å²) >= 11 is 0. The molecule has 0 saturated carbocycles. The Hall–Kier alpha value is -3.94. The zero-order chi connectivity index (χ0) is 21.5. The molecule has 8 heteroatoms. The van der Waals surface area contributed by atoms with Crippen molar-refractivity contribution in [3.05, 3.63) is 70.4 Å². The molecule has 0 saturated heterocycles. The zero-order valence-electron chi connectivity index (χ0n) is 17.3. The molecule has 1 aliphatic heterocycles. The van der Waals surface area contributed by atoms with E-state index in [1.54, 1.807) is 29.1 Å². The first kappa shape index (κ1) is 19.0. The van der Waals surface area contributed by atoms with E-state index in [0.29, 0.717) is 34.6 Å². The highest BCUT2D eigenvalue weighted by Crippen LogP contribution is 2.29. The van der Waals surface area contributed by atoms with E-state index in [2.05, 4.69) is 20.6 Å². The standard InChI is InChI=1S/C23H22N6O2/c1-13(2)26-23-28-20-15(19-11-17-18(27-19)8-10-25-21(17)30)6-3-7-16(20)22(31)29(23)14-5-4-9-24-12-14/h3-7,9,11-13,27H,8,10H2,1-2H3,(H,25,30)(H,26,28). The van der Waals surface area contributed by atoms with E-state index in [-0.39, 0.29) is 17.5 Å². The first-order chi connectivity index (χ1) is 15.0. The van der Waals surface area contributed by atoms with Gasteiger partial charge in [0.25, 0.3) is 11.5 Å². The van der Waals surface area contributed by atoms with Gasteiger partial charge in [0.2, 0.25) is 5.95 Å². The van der Waals surface area contributed by atoms with Crippen LogP contribution < -0.4 is 16.2 Å². The number of nitrogens with zero attached hydrogens (tertiary/aromatic N) is 3. The number of amides is 1. The van der Waals surface area contributed by atoms with Gasteiger partial charge in [-0.15, -0.1) is 0 Å². The Morgan fingerprint density at radius 2 is 2.00 bits per heavy atom. The summed E-state index contributed by atoms with van der Waals surface area (Å²) in [5, 5.41) is 6.64. The number of rotatable bonds is 4. The van der Waals surface area contributed by atoms with Crippen LogP contribution in [0.3, 0.4) is 0 Å². The number of hydrogen-bond acceptors (Lipinski definition) is 5. The molecule has 1 aliphatic rings. The normalized spacial score (nSPS) is 13.3. The van der Waals surface area contributed by atoms with Crippen molar-refractivity contribution in [1.82, 2.24) is 24.8 Å². The lowest BCUT2D eigenvalue weighted by molar-refractivity contribution is 0.0946. The second-order valence-corrected chi connectivity index (χ2v) is 7.87. The van der Waals surface area contributed by atoms with Crippen molar-refractivity contribution in [1.29, 1.82) is 0 Å². The lowest BCUT2D eigenvalue weighted by atomic mass is 10.1. The second kappa shape index (κ2) is 7.39. The Kier molecular flexibility index (Phi) is 4.54. The van der Waals surface area contributed by atoms with Gasteiger partial charge < -0.3 is 15.6 Å². The number of hydrogen-bond donors (Lipinski definition) is 3. The molecule has 1 amide bonds. The number of nitrogens with one attached hydrogen (secondary N) is 3. The number of carbonyl (C=O) groups excluding carboxylic acids is 1. The average molecular weight is 414 g/mol. The molecule has 8 nitrogen and oxygen atoms in total. The smallest absolute Gasteiger partial charge is 0.267 e. The van der Waals surface area contributed by atoms with Gasteiger partial charge in [0.1, 0.15) is 0 Å². The Bertz CT molecular complexity index is 1350. The third-order valence-corrected chi connectivity index (χ3v) is 5.32.